The molecule has 0 radical (unpaired) electrons. The zero-order chi connectivity index (χ0) is 15.7. The number of hydrogen-bond acceptors (Lipinski definition) is 8. The zero-order valence-electron chi connectivity index (χ0n) is 10.6. The third-order valence-corrected chi connectivity index (χ3v) is 3.60. The summed E-state index contributed by atoms with van der Waals surface area (Å²) in [7, 11) is -4.83. The van der Waals surface area contributed by atoms with Crippen molar-refractivity contribution in [2.45, 2.75) is 49.7 Å². The van der Waals surface area contributed by atoms with Gasteiger partial charge in [-0.3, -0.25) is 4.52 Å². The molecule has 0 spiro atoms. The standard InChI is InChI=1S/C9H19O10P/c1-2-9(14)8(13)6(12)5(11)7(19-9)4(10)3-18-20(15,16)17/h4-8,10-14H,2-3H2,1H3,(H2,15,16,17)/t4-,5-,6-,7+,8-,9+/m0/s1. The largest absolute Gasteiger partial charge is 0.469 e. The second kappa shape index (κ2) is 6.32. The number of aliphatic hydroxyl groups excluding tert-OH is 4. The molecule has 0 aromatic rings. The summed E-state index contributed by atoms with van der Waals surface area (Å²) in [5.74, 6) is -2.20. The van der Waals surface area contributed by atoms with Crippen molar-refractivity contribution >= 4 is 7.82 Å². The molecule has 1 saturated heterocycles. The van der Waals surface area contributed by atoms with Gasteiger partial charge in [0, 0.05) is 6.42 Å². The molecule has 120 valence electrons. The lowest BCUT2D eigenvalue weighted by Crippen LogP contribution is -2.66. The van der Waals surface area contributed by atoms with Gasteiger partial charge in [0.05, 0.1) is 6.61 Å². The highest BCUT2D eigenvalue weighted by molar-refractivity contribution is 7.46. The summed E-state index contributed by atoms with van der Waals surface area (Å²) >= 11 is 0. The first-order valence-corrected chi connectivity index (χ1v) is 7.37. The molecule has 1 aliphatic heterocycles. The highest BCUT2D eigenvalue weighted by atomic mass is 31.2. The smallest absolute Gasteiger partial charge is 0.388 e. The molecule has 1 aliphatic rings. The van der Waals surface area contributed by atoms with E-state index in [1.54, 1.807) is 0 Å². The fourth-order valence-corrected chi connectivity index (χ4v) is 2.24. The number of phosphoric ester groups is 1. The number of ether oxygens (including phenoxy) is 1. The Morgan fingerprint density at radius 1 is 1.30 bits per heavy atom. The molecular weight excluding hydrogens is 299 g/mol. The molecule has 0 aliphatic carbocycles. The normalized spacial score (nSPS) is 40.6. The van der Waals surface area contributed by atoms with Crippen molar-refractivity contribution in [2.24, 2.45) is 0 Å². The summed E-state index contributed by atoms with van der Waals surface area (Å²) in [5.41, 5.74) is 0. The van der Waals surface area contributed by atoms with Crippen LogP contribution < -0.4 is 0 Å². The van der Waals surface area contributed by atoms with Crippen LogP contribution in [-0.4, -0.2) is 78.2 Å². The Kier molecular flexibility index (Phi) is 5.67. The Balaban J connectivity index is 2.80. The Morgan fingerprint density at radius 3 is 2.30 bits per heavy atom. The molecule has 1 rings (SSSR count). The first kappa shape index (κ1) is 17.9. The van der Waals surface area contributed by atoms with Crippen LogP contribution in [0.1, 0.15) is 13.3 Å². The molecule has 11 heteroatoms. The summed E-state index contributed by atoms with van der Waals surface area (Å²) in [6.07, 6.45) is -8.85. The van der Waals surface area contributed by atoms with Gasteiger partial charge in [0.2, 0.25) is 0 Å². The average molecular weight is 318 g/mol. The monoisotopic (exact) mass is 318 g/mol. The first-order valence-electron chi connectivity index (χ1n) is 5.84. The van der Waals surface area contributed by atoms with Crippen molar-refractivity contribution in [1.29, 1.82) is 0 Å². The molecule has 0 saturated carbocycles. The second-order valence-corrected chi connectivity index (χ2v) is 5.80. The van der Waals surface area contributed by atoms with E-state index in [2.05, 4.69) is 4.52 Å². The van der Waals surface area contributed by atoms with Crippen molar-refractivity contribution in [1.82, 2.24) is 0 Å². The summed E-state index contributed by atoms with van der Waals surface area (Å²) in [6, 6.07) is 0. The summed E-state index contributed by atoms with van der Waals surface area (Å²) < 4.78 is 19.5. The minimum Gasteiger partial charge on any atom is -0.388 e. The van der Waals surface area contributed by atoms with Crippen molar-refractivity contribution in [3.05, 3.63) is 0 Å². The zero-order valence-corrected chi connectivity index (χ0v) is 11.5. The van der Waals surface area contributed by atoms with Gasteiger partial charge in [-0.05, 0) is 0 Å². The Hall–Kier alpha value is -0.130. The van der Waals surface area contributed by atoms with Crippen LogP contribution in [0.2, 0.25) is 0 Å². The molecule has 0 aromatic heterocycles. The number of phosphoric acid groups is 1. The quantitative estimate of drug-likeness (QED) is 0.259. The second-order valence-electron chi connectivity index (χ2n) is 4.56. The Morgan fingerprint density at radius 2 is 1.85 bits per heavy atom. The van der Waals surface area contributed by atoms with Gasteiger partial charge in [0.1, 0.15) is 30.5 Å². The van der Waals surface area contributed by atoms with E-state index in [0.717, 1.165) is 0 Å². The molecule has 20 heavy (non-hydrogen) atoms. The van der Waals surface area contributed by atoms with E-state index in [9.17, 15) is 30.1 Å². The van der Waals surface area contributed by atoms with Crippen LogP contribution in [0, 0.1) is 0 Å². The molecule has 1 heterocycles. The van der Waals surface area contributed by atoms with Gasteiger partial charge in [-0.1, -0.05) is 6.92 Å². The highest BCUT2D eigenvalue weighted by Gasteiger charge is 2.53. The predicted molar refractivity (Wildman–Crippen MR) is 62.1 cm³/mol. The number of hydrogen-bond donors (Lipinski definition) is 7. The maximum atomic E-state index is 10.5. The van der Waals surface area contributed by atoms with Gasteiger partial charge < -0.3 is 40.1 Å². The molecule has 0 bridgehead atoms. The van der Waals surface area contributed by atoms with Gasteiger partial charge in [0.25, 0.3) is 0 Å². The molecule has 0 amide bonds. The van der Waals surface area contributed by atoms with Crippen LogP contribution in [-0.2, 0) is 13.8 Å². The van der Waals surface area contributed by atoms with Crippen molar-refractivity contribution in [3.63, 3.8) is 0 Å². The molecule has 7 N–H and O–H groups in total. The number of aliphatic hydroxyl groups is 5. The molecule has 10 nitrogen and oxygen atoms in total. The van der Waals surface area contributed by atoms with Crippen LogP contribution in [0.4, 0.5) is 0 Å². The predicted octanol–water partition coefficient (Wildman–Crippen LogP) is -2.96. The maximum absolute atomic E-state index is 10.5. The summed E-state index contributed by atoms with van der Waals surface area (Å²) in [5, 5.41) is 48.5. The van der Waals surface area contributed by atoms with Gasteiger partial charge in [-0.25, -0.2) is 4.57 Å². The Bertz CT molecular complexity index is 372. The van der Waals surface area contributed by atoms with Crippen LogP contribution >= 0.6 is 7.82 Å². The molecule has 0 unspecified atom stereocenters. The van der Waals surface area contributed by atoms with E-state index >= 15 is 0 Å². The van der Waals surface area contributed by atoms with E-state index in [-0.39, 0.29) is 6.42 Å². The van der Waals surface area contributed by atoms with Crippen LogP contribution in [0.5, 0.6) is 0 Å². The van der Waals surface area contributed by atoms with E-state index in [4.69, 9.17) is 14.5 Å². The fourth-order valence-electron chi connectivity index (χ4n) is 1.89. The molecule has 1 fully saturated rings. The van der Waals surface area contributed by atoms with Gasteiger partial charge >= 0.3 is 7.82 Å². The summed E-state index contributed by atoms with van der Waals surface area (Å²) in [4.78, 5) is 17.0. The van der Waals surface area contributed by atoms with Gasteiger partial charge in [-0.15, -0.1) is 0 Å². The Labute approximate surface area is 114 Å². The lowest BCUT2D eigenvalue weighted by molar-refractivity contribution is -0.358. The fraction of sp³-hybridized carbons (Fsp3) is 1.00. The minimum absolute atomic E-state index is 0.152. The van der Waals surface area contributed by atoms with Crippen LogP contribution in [0.15, 0.2) is 0 Å². The van der Waals surface area contributed by atoms with Crippen molar-refractivity contribution in [2.75, 3.05) is 6.61 Å². The average Bonchev–Trinajstić information content (AvgIpc) is 2.37. The summed E-state index contributed by atoms with van der Waals surface area (Å²) in [6.45, 7) is 0.540. The minimum atomic E-state index is -4.83. The van der Waals surface area contributed by atoms with E-state index in [1.165, 1.54) is 6.92 Å². The van der Waals surface area contributed by atoms with Crippen molar-refractivity contribution in [3.8, 4) is 0 Å². The third kappa shape index (κ3) is 3.95. The van der Waals surface area contributed by atoms with Crippen LogP contribution in [0.3, 0.4) is 0 Å². The number of rotatable bonds is 5. The first-order chi connectivity index (χ1) is 9.02. The maximum Gasteiger partial charge on any atom is 0.469 e. The van der Waals surface area contributed by atoms with Gasteiger partial charge in [0.15, 0.2) is 5.79 Å². The van der Waals surface area contributed by atoms with E-state index < -0.39 is 50.7 Å². The van der Waals surface area contributed by atoms with E-state index in [0.29, 0.717) is 0 Å². The lowest BCUT2D eigenvalue weighted by Gasteiger charge is -2.46. The lowest BCUT2D eigenvalue weighted by atomic mass is 9.89. The molecule has 0 aromatic carbocycles. The molecular formula is C9H19O10P. The van der Waals surface area contributed by atoms with Crippen molar-refractivity contribution < 1.29 is 49.1 Å². The highest BCUT2D eigenvalue weighted by Crippen LogP contribution is 2.37. The topological polar surface area (TPSA) is 177 Å². The van der Waals surface area contributed by atoms with Gasteiger partial charge in [-0.2, -0.15) is 0 Å². The SMILES string of the molecule is CC[C@@]1(O)O[C@H]([C@@H](O)COP(=O)(O)O)[C@@H](O)[C@H](O)[C@@H]1O. The third-order valence-electron chi connectivity index (χ3n) is 3.11. The van der Waals surface area contributed by atoms with E-state index in [1.807, 2.05) is 0 Å². The molecule has 6 atom stereocenters. The van der Waals surface area contributed by atoms with Crippen LogP contribution in [0.25, 0.3) is 0 Å².